The van der Waals surface area contributed by atoms with Crippen LogP contribution in [0.15, 0.2) is 148 Å². The van der Waals surface area contributed by atoms with Gasteiger partial charge in [0, 0.05) is 44.3 Å². The van der Waals surface area contributed by atoms with E-state index in [4.69, 9.17) is 23.8 Å². The zero-order valence-corrected chi connectivity index (χ0v) is 23.4. The maximum Gasteiger partial charge on any atom is 0.164 e. The molecular formula is C39H23N3O2. The van der Waals surface area contributed by atoms with E-state index in [1.807, 2.05) is 91.0 Å². The van der Waals surface area contributed by atoms with Crippen molar-refractivity contribution in [2.75, 3.05) is 0 Å². The predicted octanol–water partition coefficient (Wildman–Crippen LogP) is 10.3. The number of benzene rings is 6. The van der Waals surface area contributed by atoms with Crippen molar-refractivity contribution in [2.45, 2.75) is 0 Å². The topological polar surface area (TPSA) is 65.0 Å². The minimum atomic E-state index is 0.582. The standard InChI is InChI=1S/C39H23N3O2/c1-3-11-24(12-4-1)27-15-7-8-17-30(27)39-41-37(25-13-5-2-6-14-25)40-38(42-39)26-19-20-29-32-22-31-28-16-9-10-18-33(28)43-35(31)23-36(32)44-34(29)21-26/h1-23H. The first-order valence-corrected chi connectivity index (χ1v) is 14.5. The van der Waals surface area contributed by atoms with Gasteiger partial charge in [-0.3, -0.25) is 0 Å². The summed E-state index contributed by atoms with van der Waals surface area (Å²) in [6.45, 7) is 0. The molecule has 0 amide bonds. The fraction of sp³-hybridized carbons (Fsp3) is 0. The molecule has 206 valence electrons. The number of hydrogen-bond acceptors (Lipinski definition) is 5. The maximum absolute atomic E-state index is 6.39. The Morgan fingerprint density at radius 2 is 0.864 bits per heavy atom. The number of para-hydroxylation sites is 1. The summed E-state index contributed by atoms with van der Waals surface area (Å²) in [5.74, 6) is 1.81. The van der Waals surface area contributed by atoms with Crippen LogP contribution in [0.25, 0.3) is 89.2 Å². The third kappa shape index (κ3) is 3.98. The molecule has 0 saturated carbocycles. The molecule has 9 aromatic rings. The van der Waals surface area contributed by atoms with Gasteiger partial charge < -0.3 is 8.83 Å². The zero-order valence-electron chi connectivity index (χ0n) is 23.4. The van der Waals surface area contributed by atoms with E-state index in [0.29, 0.717) is 17.5 Å². The lowest BCUT2D eigenvalue weighted by atomic mass is 9.99. The molecule has 0 saturated heterocycles. The Morgan fingerprint density at radius 3 is 1.64 bits per heavy atom. The molecule has 0 radical (unpaired) electrons. The molecule has 0 atom stereocenters. The third-order valence-electron chi connectivity index (χ3n) is 8.15. The molecular weight excluding hydrogens is 542 g/mol. The van der Waals surface area contributed by atoms with Crippen LogP contribution in [0.1, 0.15) is 0 Å². The van der Waals surface area contributed by atoms with Gasteiger partial charge in [0.05, 0.1) is 0 Å². The molecule has 0 unspecified atom stereocenters. The van der Waals surface area contributed by atoms with Gasteiger partial charge in [-0.2, -0.15) is 0 Å². The first kappa shape index (κ1) is 24.5. The van der Waals surface area contributed by atoms with Crippen LogP contribution in [0.4, 0.5) is 0 Å². The Morgan fingerprint density at radius 1 is 0.318 bits per heavy atom. The van der Waals surface area contributed by atoms with E-state index in [0.717, 1.165) is 71.7 Å². The average Bonchev–Trinajstić information content (AvgIpc) is 3.64. The smallest absolute Gasteiger partial charge is 0.164 e. The van der Waals surface area contributed by atoms with E-state index >= 15 is 0 Å². The van der Waals surface area contributed by atoms with Crippen molar-refractivity contribution in [3.63, 3.8) is 0 Å². The number of nitrogens with zero attached hydrogens (tertiary/aromatic N) is 3. The van der Waals surface area contributed by atoms with Gasteiger partial charge in [0.25, 0.3) is 0 Å². The number of aromatic nitrogens is 3. The van der Waals surface area contributed by atoms with Gasteiger partial charge in [-0.1, -0.05) is 109 Å². The normalized spacial score (nSPS) is 11.6. The Kier molecular flexibility index (Phi) is 5.43. The lowest BCUT2D eigenvalue weighted by molar-refractivity contribution is 0.656. The molecule has 0 N–H and O–H groups in total. The molecule has 9 rings (SSSR count). The Labute approximate surface area is 252 Å². The molecule has 44 heavy (non-hydrogen) atoms. The van der Waals surface area contributed by atoms with Gasteiger partial charge in [0.15, 0.2) is 17.5 Å². The lowest BCUT2D eigenvalue weighted by Crippen LogP contribution is -2.01. The maximum atomic E-state index is 6.39. The van der Waals surface area contributed by atoms with Crippen molar-refractivity contribution in [1.82, 2.24) is 15.0 Å². The quantitative estimate of drug-likeness (QED) is 0.212. The lowest BCUT2D eigenvalue weighted by Gasteiger charge is -2.12. The molecule has 6 aromatic carbocycles. The molecule has 5 nitrogen and oxygen atoms in total. The van der Waals surface area contributed by atoms with Crippen molar-refractivity contribution in [1.29, 1.82) is 0 Å². The van der Waals surface area contributed by atoms with Gasteiger partial charge in [-0.05, 0) is 35.4 Å². The molecule has 0 spiro atoms. The Hall–Kier alpha value is -6.07. The van der Waals surface area contributed by atoms with Gasteiger partial charge >= 0.3 is 0 Å². The van der Waals surface area contributed by atoms with Crippen molar-refractivity contribution in [2.24, 2.45) is 0 Å². The minimum Gasteiger partial charge on any atom is -0.456 e. The molecule has 0 aliphatic heterocycles. The fourth-order valence-corrected chi connectivity index (χ4v) is 6.02. The highest BCUT2D eigenvalue weighted by atomic mass is 16.3. The summed E-state index contributed by atoms with van der Waals surface area (Å²) in [7, 11) is 0. The van der Waals surface area contributed by atoms with E-state index < -0.39 is 0 Å². The van der Waals surface area contributed by atoms with Crippen LogP contribution in [-0.4, -0.2) is 15.0 Å². The van der Waals surface area contributed by atoms with Crippen molar-refractivity contribution >= 4 is 43.9 Å². The zero-order chi connectivity index (χ0) is 29.0. The van der Waals surface area contributed by atoms with Gasteiger partial charge in [-0.25, -0.2) is 15.0 Å². The van der Waals surface area contributed by atoms with E-state index in [9.17, 15) is 0 Å². The second kappa shape index (κ2) is 9.75. The summed E-state index contributed by atoms with van der Waals surface area (Å²) in [4.78, 5) is 15.0. The first-order valence-electron chi connectivity index (χ1n) is 14.5. The average molecular weight is 566 g/mol. The SMILES string of the molecule is c1ccc(-c2nc(-c3ccc4c(c3)oc3cc5oc6ccccc6c5cc34)nc(-c3ccccc3-c3ccccc3)n2)cc1. The second-order valence-corrected chi connectivity index (χ2v) is 10.8. The van der Waals surface area contributed by atoms with Crippen molar-refractivity contribution in [3.05, 3.63) is 140 Å². The summed E-state index contributed by atoms with van der Waals surface area (Å²) in [5, 5.41) is 4.25. The summed E-state index contributed by atoms with van der Waals surface area (Å²) in [5.41, 5.74) is 8.11. The number of fused-ring (bicyclic) bond motifs is 6. The molecule has 5 heteroatoms. The Balaban J connectivity index is 1.23. The van der Waals surface area contributed by atoms with Crippen LogP contribution in [0.2, 0.25) is 0 Å². The fourth-order valence-electron chi connectivity index (χ4n) is 6.02. The van der Waals surface area contributed by atoms with Crippen LogP contribution in [-0.2, 0) is 0 Å². The summed E-state index contributed by atoms with van der Waals surface area (Å²) in [6.07, 6.45) is 0. The van der Waals surface area contributed by atoms with Crippen LogP contribution >= 0.6 is 0 Å². The monoisotopic (exact) mass is 565 g/mol. The number of hydrogen-bond donors (Lipinski definition) is 0. The van der Waals surface area contributed by atoms with Gasteiger partial charge in [0.2, 0.25) is 0 Å². The third-order valence-corrected chi connectivity index (χ3v) is 8.15. The molecule has 3 aromatic heterocycles. The first-order chi connectivity index (χ1) is 21.8. The van der Waals surface area contributed by atoms with Crippen LogP contribution < -0.4 is 0 Å². The second-order valence-electron chi connectivity index (χ2n) is 10.8. The molecule has 0 aliphatic rings. The molecule has 0 bridgehead atoms. The van der Waals surface area contributed by atoms with E-state index in [-0.39, 0.29) is 0 Å². The Bertz CT molecular complexity index is 2500. The number of furan rings is 2. The van der Waals surface area contributed by atoms with E-state index in [2.05, 4.69) is 48.5 Å². The summed E-state index contributed by atoms with van der Waals surface area (Å²) >= 11 is 0. The predicted molar refractivity (Wildman–Crippen MR) is 176 cm³/mol. The van der Waals surface area contributed by atoms with Crippen LogP contribution in [0, 0.1) is 0 Å². The highest BCUT2D eigenvalue weighted by Gasteiger charge is 2.18. The van der Waals surface area contributed by atoms with Gasteiger partial charge in [0.1, 0.15) is 22.3 Å². The number of rotatable bonds is 4. The molecule has 0 fully saturated rings. The van der Waals surface area contributed by atoms with Crippen LogP contribution in [0.3, 0.4) is 0 Å². The van der Waals surface area contributed by atoms with E-state index in [1.165, 1.54) is 0 Å². The van der Waals surface area contributed by atoms with E-state index in [1.54, 1.807) is 0 Å². The summed E-state index contributed by atoms with van der Waals surface area (Å²) in [6, 6.07) is 47.0. The minimum absolute atomic E-state index is 0.582. The largest absolute Gasteiger partial charge is 0.456 e. The highest BCUT2D eigenvalue weighted by molar-refractivity contribution is 6.15. The summed E-state index contributed by atoms with van der Waals surface area (Å²) < 4.78 is 12.5. The van der Waals surface area contributed by atoms with Crippen LogP contribution in [0.5, 0.6) is 0 Å². The molecule has 3 heterocycles. The molecule has 0 aliphatic carbocycles. The highest BCUT2D eigenvalue weighted by Crippen LogP contribution is 2.38. The van der Waals surface area contributed by atoms with Crippen molar-refractivity contribution < 1.29 is 8.83 Å². The van der Waals surface area contributed by atoms with Crippen molar-refractivity contribution in [3.8, 4) is 45.3 Å². The van der Waals surface area contributed by atoms with Gasteiger partial charge in [-0.15, -0.1) is 0 Å².